The Morgan fingerprint density at radius 2 is 1.72 bits per heavy atom. The normalized spacial score (nSPS) is 15.0. The number of amides is 1. The first-order valence-corrected chi connectivity index (χ1v) is 9.67. The Labute approximate surface area is 168 Å². The third kappa shape index (κ3) is 5.22. The third-order valence-corrected chi connectivity index (χ3v) is 5.06. The first-order valence-electron chi connectivity index (χ1n) is 9.67. The van der Waals surface area contributed by atoms with Crippen molar-refractivity contribution in [2.45, 2.75) is 25.9 Å². The van der Waals surface area contributed by atoms with Crippen LogP contribution in [0.1, 0.15) is 30.9 Å². The summed E-state index contributed by atoms with van der Waals surface area (Å²) >= 11 is 0. The Hall–Kier alpha value is -2.70. The Morgan fingerprint density at radius 1 is 1.03 bits per heavy atom. The van der Waals surface area contributed by atoms with Crippen LogP contribution in [0.2, 0.25) is 0 Å². The van der Waals surface area contributed by atoms with Crippen molar-refractivity contribution < 1.29 is 22.7 Å². The molecule has 2 aromatic rings. The molecule has 3 rings (SSSR count). The minimum atomic E-state index is -4.36. The molecule has 0 unspecified atom stereocenters. The Bertz CT molecular complexity index is 844. The molecule has 0 saturated carbocycles. The van der Waals surface area contributed by atoms with Gasteiger partial charge in [-0.05, 0) is 35.7 Å². The maximum Gasteiger partial charge on any atom is 0.416 e. The smallest absolute Gasteiger partial charge is 0.416 e. The van der Waals surface area contributed by atoms with Crippen LogP contribution in [0.5, 0.6) is 5.75 Å². The highest BCUT2D eigenvalue weighted by atomic mass is 19.4. The van der Waals surface area contributed by atoms with Crippen LogP contribution in [0.15, 0.2) is 48.5 Å². The lowest BCUT2D eigenvalue weighted by Gasteiger charge is -2.36. The van der Waals surface area contributed by atoms with Crippen molar-refractivity contribution in [1.82, 2.24) is 4.90 Å². The van der Waals surface area contributed by atoms with Crippen molar-refractivity contribution >= 4 is 11.6 Å². The summed E-state index contributed by atoms with van der Waals surface area (Å²) in [5.41, 5.74) is 0.912. The van der Waals surface area contributed by atoms with Crippen LogP contribution in [-0.4, -0.2) is 43.6 Å². The topological polar surface area (TPSA) is 32.8 Å². The predicted molar refractivity (Wildman–Crippen MR) is 106 cm³/mol. The Balaban J connectivity index is 1.55. The predicted octanol–water partition coefficient (Wildman–Crippen LogP) is 4.56. The average molecular weight is 406 g/mol. The number of hydrogen-bond donors (Lipinski definition) is 0. The molecule has 29 heavy (non-hydrogen) atoms. The van der Waals surface area contributed by atoms with Gasteiger partial charge in [-0.15, -0.1) is 0 Å². The zero-order valence-electron chi connectivity index (χ0n) is 16.6. The number of carbonyl (C=O) groups excluding carboxylic acids is 1. The van der Waals surface area contributed by atoms with E-state index in [1.165, 1.54) is 6.07 Å². The van der Waals surface area contributed by atoms with Gasteiger partial charge in [0.15, 0.2) is 6.61 Å². The van der Waals surface area contributed by atoms with Crippen molar-refractivity contribution in [2.24, 2.45) is 0 Å². The van der Waals surface area contributed by atoms with E-state index in [4.69, 9.17) is 4.74 Å². The highest BCUT2D eigenvalue weighted by Gasteiger charge is 2.31. The molecule has 0 bridgehead atoms. The molecule has 156 valence electrons. The first kappa shape index (κ1) is 21.0. The number of ether oxygens (including phenoxy) is 1. The number of anilines is 1. The SMILES string of the molecule is CC(C)c1ccccc1OCC(=O)N1CCN(c2cccc(C(F)(F)F)c2)CC1. The molecule has 0 N–H and O–H groups in total. The molecule has 2 aromatic carbocycles. The summed E-state index contributed by atoms with van der Waals surface area (Å²) in [6, 6.07) is 13.0. The fourth-order valence-corrected chi connectivity index (χ4v) is 3.41. The lowest BCUT2D eigenvalue weighted by Crippen LogP contribution is -2.50. The lowest BCUT2D eigenvalue weighted by atomic mass is 10.0. The number of benzene rings is 2. The molecule has 1 heterocycles. The number of para-hydroxylation sites is 1. The van der Waals surface area contributed by atoms with E-state index in [9.17, 15) is 18.0 Å². The van der Waals surface area contributed by atoms with Gasteiger partial charge in [0.05, 0.1) is 5.56 Å². The molecule has 1 saturated heterocycles. The van der Waals surface area contributed by atoms with E-state index in [0.29, 0.717) is 37.6 Å². The van der Waals surface area contributed by atoms with Gasteiger partial charge in [0.1, 0.15) is 5.75 Å². The van der Waals surface area contributed by atoms with Crippen LogP contribution in [0.3, 0.4) is 0 Å². The number of hydrogen-bond acceptors (Lipinski definition) is 3. The number of piperazine rings is 1. The van der Waals surface area contributed by atoms with Crippen LogP contribution in [0.4, 0.5) is 18.9 Å². The van der Waals surface area contributed by atoms with Crippen molar-refractivity contribution in [3.63, 3.8) is 0 Å². The molecule has 1 fully saturated rings. The van der Waals surface area contributed by atoms with E-state index in [2.05, 4.69) is 13.8 Å². The van der Waals surface area contributed by atoms with E-state index >= 15 is 0 Å². The van der Waals surface area contributed by atoms with Gasteiger partial charge in [-0.25, -0.2) is 0 Å². The zero-order chi connectivity index (χ0) is 21.0. The third-order valence-electron chi connectivity index (χ3n) is 5.06. The molecular weight excluding hydrogens is 381 g/mol. The van der Waals surface area contributed by atoms with Gasteiger partial charge in [-0.3, -0.25) is 4.79 Å². The lowest BCUT2D eigenvalue weighted by molar-refractivity contribution is -0.137. The van der Waals surface area contributed by atoms with Crippen molar-refractivity contribution in [3.8, 4) is 5.75 Å². The molecule has 0 aliphatic carbocycles. The van der Waals surface area contributed by atoms with Crippen LogP contribution in [0, 0.1) is 0 Å². The highest BCUT2D eigenvalue weighted by molar-refractivity contribution is 5.78. The zero-order valence-corrected chi connectivity index (χ0v) is 16.6. The summed E-state index contributed by atoms with van der Waals surface area (Å²) in [6.07, 6.45) is -4.36. The van der Waals surface area contributed by atoms with Crippen LogP contribution in [0.25, 0.3) is 0 Å². The molecule has 0 atom stereocenters. The van der Waals surface area contributed by atoms with Crippen LogP contribution < -0.4 is 9.64 Å². The minimum Gasteiger partial charge on any atom is -0.483 e. The summed E-state index contributed by atoms with van der Waals surface area (Å²) in [6.45, 7) is 5.95. The standard InChI is InChI=1S/C22H25F3N2O2/c1-16(2)19-8-3-4-9-20(19)29-15-21(28)27-12-10-26(11-13-27)18-7-5-6-17(14-18)22(23,24)25/h3-9,14,16H,10-13,15H2,1-2H3. The van der Waals surface area contributed by atoms with Gasteiger partial charge in [0.25, 0.3) is 5.91 Å². The monoisotopic (exact) mass is 406 g/mol. The summed E-state index contributed by atoms with van der Waals surface area (Å²) < 4.78 is 44.5. The average Bonchev–Trinajstić information content (AvgIpc) is 2.71. The van der Waals surface area contributed by atoms with Crippen LogP contribution in [-0.2, 0) is 11.0 Å². The van der Waals surface area contributed by atoms with Gasteiger partial charge in [0, 0.05) is 31.9 Å². The van der Waals surface area contributed by atoms with Crippen molar-refractivity contribution in [1.29, 1.82) is 0 Å². The van der Waals surface area contributed by atoms with Gasteiger partial charge in [-0.1, -0.05) is 38.1 Å². The highest BCUT2D eigenvalue weighted by Crippen LogP contribution is 2.32. The summed E-state index contributed by atoms with van der Waals surface area (Å²) in [5.74, 6) is 0.878. The summed E-state index contributed by atoms with van der Waals surface area (Å²) in [7, 11) is 0. The van der Waals surface area contributed by atoms with E-state index in [-0.39, 0.29) is 18.4 Å². The van der Waals surface area contributed by atoms with Crippen molar-refractivity contribution in [3.05, 3.63) is 59.7 Å². The van der Waals surface area contributed by atoms with E-state index in [1.54, 1.807) is 11.0 Å². The molecule has 7 heteroatoms. The molecular formula is C22H25F3N2O2. The van der Waals surface area contributed by atoms with E-state index < -0.39 is 11.7 Å². The molecule has 4 nitrogen and oxygen atoms in total. The second-order valence-corrected chi connectivity index (χ2v) is 7.40. The maximum atomic E-state index is 12.9. The van der Waals surface area contributed by atoms with E-state index in [1.807, 2.05) is 29.2 Å². The number of nitrogens with zero attached hydrogens (tertiary/aromatic N) is 2. The van der Waals surface area contributed by atoms with Gasteiger partial charge < -0.3 is 14.5 Å². The molecule has 0 radical (unpaired) electrons. The maximum absolute atomic E-state index is 12.9. The number of rotatable bonds is 5. The number of carbonyl (C=O) groups is 1. The molecule has 0 aromatic heterocycles. The molecule has 1 aliphatic rings. The first-order chi connectivity index (χ1) is 13.8. The summed E-state index contributed by atoms with van der Waals surface area (Å²) in [5, 5.41) is 0. The number of alkyl halides is 3. The largest absolute Gasteiger partial charge is 0.483 e. The molecule has 1 aliphatic heterocycles. The number of halogens is 3. The second-order valence-electron chi connectivity index (χ2n) is 7.40. The van der Waals surface area contributed by atoms with Crippen molar-refractivity contribution in [2.75, 3.05) is 37.7 Å². The summed E-state index contributed by atoms with van der Waals surface area (Å²) in [4.78, 5) is 16.1. The fraction of sp³-hybridized carbons (Fsp3) is 0.409. The fourth-order valence-electron chi connectivity index (χ4n) is 3.41. The molecule has 1 amide bonds. The van der Waals surface area contributed by atoms with Gasteiger partial charge in [-0.2, -0.15) is 13.2 Å². The minimum absolute atomic E-state index is 0.0483. The van der Waals surface area contributed by atoms with Gasteiger partial charge in [0.2, 0.25) is 0 Å². The molecule has 0 spiro atoms. The Kier molecular flexibility index (Phi) is 6.35. The quantitative estimate of drug-likeness (QED) is 0.730. The van der Waals surface area contributed by atoms with Crippen LogP contribution >= 0.6 is 0 Å². The Morgan fingerprint density at radius 3 is 2.38 bits per heavy atom. The second kappa shape index (κ2) is 8.76. The van der Waals surface area contributed by atoms with Gasteiger partial charge >= 0.3 is 6.18 Å². The van der Waals surface area contributed by atoms with E-state index in [0.717, 1.165) is 17.7 Å².